The van der Waals surface area contributed by atoms with Crippen LogP contribution in [0.3, 0.4) is 0 Å². The number of allylic oxidation sites excluding steroid dienone is 4. The Morgan fingerprint density at radius 3 is 2.94 bits per heavy atom. The van der Waals surface area contributed by atoms with E-state index in [0.29, 0.717) is 17.0 Å². The number of hydrogen-bond donors (Lipinski definition) is 0. The summed E-state index contributed by atoms with van der Waals surface area (Å²) in [6.45, 7) is 7.34. The second kappa shape index (κ2) is 4.33. The maximum Gasteiger partial charge on any atom is 0.217 e. The molecule has 2 unspecified atom stereocenters. The third kappa shape index (κ3) is 1.75. The smallest absolute Gasteiger partial charge is 0.217 e. The van der Waals surface area contributed by atoms with Gasteiger partial charge >= 0.3 is 0 Å². The van der Waals surface area contributed by atoms with Crippen LogP contribution in [0.25, 0.3) is 0 Å². The molecule has 1 aromatic rings. The summed E-state index contributed by atoms with van der Waals surface area (Å²) in [5, 5.41) is 4.13. The highest BCUT2D eigenvalue weighted by Crippen LogP contribution is 2.40. The van der Waals surface area contributed by atoms with Gasteiger partial charge in [0.05, 0.1) is 6.04 Å². The second-order valence-corrected chi connectivity index (χ2v) is 4.22. The molecule has 1 aliphatic rings. The molecule has 0 aromatic carbocycles. The predicted molar refractivity (Wildman–Crippen MR) is 63.7 cm³/mol. The van der Waals surface area contributed by atoms with Crippen LogP contribution in [0.15, 0.2) is 41.7 Å². The van der Waals surface area contributed by atoms with E-state index in [-0.39, 0.29) is 6.04 Å². The Labute approximate surface area is 102 Å². The van der Waals surface area contributed by atoms with E-state index in [2.05, 4.69) is 39.2 Å². The fraction of sp³-hybridized carbons (Fsp3) is 0.273. The lowest BCUT2D eigenvalue weighted by Crippen LogP contribution is -2.07. The van der Waals surface area contributed by atoms with E-state index in [1.54, 1.807) is 16.8 Å². The van der Waals surface area contributed by atoms with Gasteiger partial charge in [0.15, 0.2) is 12.0 Å². The topological polar surface area (TPSA) is 30.7 Å². The molecule has 0 amide bonds. The van der Waals surface area contributed by atoms with Crippen molar-refractivity contribution in [3.63, 3.8) is 0 Å². The van der Waals surface area contributed by atoms with Crippen LogP contribution < -0.4 is 0 Å². The van der Waals surface area contributed by atoms with Gasteiger partial charge in [-0.05, 0) is 21.5 Å². The summed E-state index contributed by atoms with van der Waals surface area (Å²) < 4.78 is 15.7. The lowest BCUT2D eigenvalue weighted by Gasteiger charge is -2.11. The van der Waals surface area contributed by atoms with E-state index >= 15 is 0 Å². The zero-order chi connectivity index (χ0) is 11.7. The molecule has 0 aliphatic carbocycles. The number of alkyl halides is 1. The van der Waals surface area contributed by atoms with Gasteiger partial charge in [-0.2, -0.15) is 0 Å². The molecule has 0 saturated heterocycles. The Kier molecular flexibility index (Phi) is 3.05. The third-order valence-electron chi connectivity index (χ3n) is 2.57. The number of rotatable bonds is 3. The Balaban J connectivity index is 2.42. The zero-order valence-corrected chi connectivity index (χ0v) is 10.2. The van der Waals surface area contributed by atoms with Crippen LogP contribution in [0.2, 0.25) is 0 Å². The van der Waals surface area contributed by atoms with Crippen molar-refractivity contribution in [2.75, 3.05) is 0 Å². The molecule has 1 aromatic heterocycles. The number of halogens is 2. The molecule has 5 heteroatoms. The van der Waals surface area contributed by atoms with Crippen molar-refractivity contribution in [3.05, 3.63) is 47.5 Å². The van der Waals surface area contributed by atoms with Crippen molar-refractivity contribution < 1.29 is 4.39 Å². The van der Waals surface area contributed by atoms with Crippen LogP contribution in [0.1, 0.15) is 24.5 Å². The summed E-state index contributed by atoms with van der Waals surface area (Å²) in [7, 11) is 0. The molecule has 0 N–H and O–H groups in total. The van der Waals surface area contributed by atoms with E-state index in [0.717, 1.165) is 5.57 Å². The first-order chi connectivity index (χ1) is 7.67. The molecular formula is C11H11BrFN3. The SMILES string of the molecule is C=C/C=C(\C=C)C1CC(F)c2nc(Br)nn21. The summed E-state index contributed by atoms with van der Waals surface area (Å²) in [5.74, 6) is 0.369. The molecule has 16 heavy (non-hydrogen) atoms. The van der Waals surface area contributed by atoms with Crippen molar-refractivity contribution in [2.24, 2.45) is 0 Å². The fourth-order valence-electron chi connectivity index (χ4n) is 1.88. The van der Waals surface area contributed by atoms with E-state index in [4.69, 9.17) is 0 Å². The number of hydrogen-bond acceptors (Lipinski definition) is 2. The Hall–Kier alpha value is -1.23. The lowest BCUT2D eigenvalue weighted by molar-refractivity contribution is 0.328. The molecular weight excluding hydrogens is 273 g/mol. The van der Waals surface area contributed by atoms with E-state index in [1.165, 1.54) is 0 Å². The molecule has 0 saturated carbocycles. The Morgan fingerprint density at radius 1 is 1.56 bits per heavy atom. The standard InChI is InChI=1S/C11H11BrFN3/c1-3-5-7(4-2)9-6-8(13)10-14-11(12)15-16(9)10/h3-5,8-9H,1-2,6H2/b7-5+. The fourth-order valence-corrected chi connectivity index (χ4v) is 2.23. The largest absolute Gasteiger partial charge is 0.239 e. The first-order valence-corrected chi connectivity index (χ1v) is 5.67. The van der Waals surface area contributed by atoms with Crippen LogP contribution in [-0.4, -0.2) is 14.8 Å². The molecule has 0 bridgehead atoms. The maximum atomic E-state index is 13.7. The minimum atomic E-state index is -1.07. The minimum absolute atomic E-state index is 0.140. The van der Waals surface area contributed by atoms with Crippen molar-refractivity contribution in [1.29, 1.82) is 0 Å². The average Bonchev–Trinajstić information content (AvgIpc) is 2.76. The van der Waals surface area contributed by atoms with Gasteiger partial charge in [-0.1, -0.05) is 31.4 Å². The van der Waals surface area contributed by atoms with Crippen molar-refractivity contribution in [2.45, 2.75) is 18.6 Å². The van der Waals surface area contributed by atoms with Crippen molar-refractivity contribution in [3.8, 4) is 0 Å². The highest BCUT2D eigenvalue weighted by molar-refractivity contribution is 9.10. The van der Waals surface area contributed by atoms with Crippen LogP contribution in [0.4, 0.5) is 4.39 Å². The van der Waals surface area contributed by atoms with E-state index < -0.39 is 6.17 Å². The summed E-state index contributed by atoms with van der Waals surface area (Å²) >= 11 is 3.15. The molecule has 2 heterocycles. The normalized spacial score (nSPS) is 24.2. The highest BCUT2D eigenvalue weighted by Gasteiger charge is 2.35. The first-order valence-electron chi connectivity index (χ1n) is 4.88. The summed E-state index contributed by atoms with van der Waals surface area (Å²) in [6.07, 6.45) is 4.46. The van der Waals surface area contributed by atoms with Crippen molar-refractivity contribution in [1.82, 2.24) is 14.8 Å². The van der Waals surface area contributed by atoms with Gasteiger partial charge in [-0.3, -0.25) is 0 Å². The Bertz CT molecular complexity index is 464. The molecule has 0 fully saturated rings. The second-order valence-electron chi connectivity index (χ2n) is 3.51. The van der Waals surface area contributed by atoms with E-state index in [9.17, 15) is 4.39 Å². The summed E-state index contributed by atoms with van der Waals surface area (Å²) in [5.41, 5.74) is 0.897. The quantitative estimate of drug-likeness (QED) is 0.797. The van der Waals surface area contributed by atoms with Gasteiger partial charge < -0.3 is 0 Å². The van der Waals surface area contributed by atoms with Gasteiger partial charge in [0.25, 0.3) is 0 Å². The zero-order valence-electron chi connectivity index (χ0n) is 8.61. The third-order valence-corrected chi connectivity index (χ3v) is 2.90. The van der Waals surface area contributed by atoms with Crippen LogP contribution in [0, 0.1) is 0 Å². The molecule has 2 rings (SSSR count). The number of aromatic nitrogens is 3. The number of nitrogens with zero attached hydrogens (tertiary/aromatic N) is 3. The van der Waals surface area contributed by atoms with Crippen LogP contribution >= 0.6 is 15.9 Å². The monoisotopic (exact) mass is 283 g/mol. The van der Waals surface area contributed by atoms with Gasteiger partial charge in [-0.25, -0.2) is 14.1 Å². The van der Waals surface area contributed by atoms with Crippen molar-refractivity contribution >= 4 is 15.9 Å². The summed E-state index contributed by atoms with van der Waals surface area (Å²) in [6, 6.07) is -0.140. The van der Waals surface area contributed by atoms with Crippen LogP contribution in [0.5, 0.6) is 0 Å². The van der Waals surface area contributed by atoms with E-state index in [1.807, 2.05) is 6.08 Å². The first kappa shape index (κ1) is 11.3. The molecule has 2 atom stereocenters. The molecule has 1 aliphatic heterocycles. The average molecular weight is 284 g/mol. The lowest BCUT2D eigenvalue weighted by atomic mass is 10.0. The molecule has 0 radical (unpaired) electrons. The van der Waals surface area contributed by atoms with Gasteiger partial charge in [0.2, 0.25) is 4.73 Å². The molecule has 0 spiro atoms. The predicted octanol–water partition coefficient (Wildman–Crippen LogP) is 3.29. The van der Waals surface area contributed by atoms with Crippen LogP contribution in [-0.2, 0) is 0 Å². The highest BCUT2D eigenvalue weighted by atomic mass is 79.9. The Morgan fingerprint density at radius 2 is 2.31 bits per heavy atom. The molecule has 84 valence electrons. The number of fused-ring (bicyclic) bond motifs is 1. The van der Waals surface area contributed by atoms with Gasteiger partial charge in [0.1, 0.15) is 0 Å². The van der Waals surface area contributed by atoms with Gasteiger partial charge in [-0.15, -0.1) is 5.10 Å². The summed E-state index contributed by atoms with van der Waals surface area (Å²) in [4.78, 5) is 4.01. The molecule has 3 nitrogen and oxygen atoms in total. The van der Waals surface area contributed by atoms with Gasteiger partial charge in [0, 0.05) is 6.42 Å². The maximum absolute atomic E-state index is 13.7. The minimum Gasteiger partial charge on any atom is -0.239 e.